The summed E-state index contributed by atoms with van der Waals surface area (Å²) >= 11 is 0. The molecule has 1 atom stereocenters. The van der Waals surface area contributed by atoms with Gasteiger partial charge in [-0.05, 0) is 57.4 Å². The second kappa shape index (κ2) is 8.98. The summed E-state index contributed by atoms with van der Waals surface area (Å²) in [7, 11) is 0. The average molecular weight is 424 g/mol. The summed E-state index contributed by atoms with van der Waals surface area (Å²) in [6.07, 6.45) is 2.34. The van der Waals surface area contributed by atoms with Gasteiger partial charge in [0.15, 0.2) is 5.76 Å². The van der Waals surface area contributed by atoms with E-state index in [2.05, 4.69) is 20.9 Å². The third kappa shape index (κ3) is 4.66. The molecule has 1 amide bonds. The second-order valence-corrected chi connectivity index (χ2v) is 8.16. The maximum absolute atomic E-state index is 12.7. The highest BCUT2D eigenvalue weighted by molar-refractivity contribution is 5.91. The fourth-order valence-corrected chi connectivity index (χ4v) is 4.22. The molecule has 0 saturated heterocycles. The minimum atomic E-state index is -0.224. The number of nitrogens with one attached hydrogen (secondary N) is 1. The van der Waals surface area contributed by atoms with Crippen LogP contribution in [0.3, 0.4) is 0 Å². The molecular weight excluding hydrogens is 394 g/mol. The largest absolute Gasteiger partial charge is 0.485 e. The predicted molar refractivity (Wildman–Crippen MR) is 116 cm³/mol. The summed E-state index contributed by atoms with van der Waals surface area (Å²) in [6, 6.07) is 9.49. The number of aliphatic hydroxyl groups is 1. The fourth-order valence-electron chi connectivity index (χ4n) is 4.22. The number of rotatable bonds is 7. The van der Waals surface area contributed by atoms with Crippen molar-refractivity contribution in [2.45, 2.75) is 59.2 Å². The monoisotopic (exact) mass is 423 g/mol. The fraction of sp³-hybridized carbons (Fsp3) is 0.417. The molecule has 0 fully saturated rings. The quantitative estimate of drug-likeness (QED) is 0.609. The van der Waals surface area contributed by atoms with Gasteiger partial charge < -0.3 is 24.1 Å². The van der Waals surface area contributed by atoms with Gasteiger partial charge in [0, 0.05) is 24.7 Å². The number of carbonyl (C=O) groups is 1. The Hall–Kier alpha value is -3.06. The zero-order valence-electron chi connectivity index (χ0n) is 18.3. The van der Waals surface area contributed by atoms with Gasteiger partial charge in [0.25, 0.3) is 5.91 Å². The third-order valence-corrected chi connectivity index (χ3v) is 5.76. The lowest BCUT2D eigenvalue weighted by atomic mass is 9.95. The van der Waals surface area contributed by atoms with E-state index >= 15 is 0 Å². The Kier molecular flexibility index (Phi) is 6.13. The minimum Gasteiger partial charge on any atom is -0.485 e. The molecule has 2 N–H and O–H groups in total. The normalized spacial score (nSPS) is 15.5. The number of aliphatic hydroxyl groups excluding tert-OH is 1. The Morgan fingerprint density at radius 1 is 1.29 bits per heavy atom. The third-order valence-electron chi connectivity index (χ3n) is 5.76. The first-order valence-electron chi connectivity index (χ1n) is 10.7. The zero-order valence-corrected chi connectivity index (χ0v) is 18.3. The maximum atomic E-state index is 12.7. The molecule has 1 aromatic carbocycles. The molecule has 1 aliphatic carbocycles. The molecule has 31 heavy (non-hydrogen) atoms. The van der Waals surface area contributed by atoms with Crippen LogP contribution in [0.2, 0.25) is 0 Å². The van der Waals surface area contributed by atoms with Gasteiger partial charge in [0.1, 0.15) is 23.9 Å². The van der Waals surface area contributed by atoms with E-state index in [4.69, 9.17) is 9.15 Å². The van der Waals surface area contributed by atoms with E-state index in [1.807, 2.05) is 32.9 Å². The molecule has 2 aromatic heterocycles. The Bertz CT molecular complexity index is 1080. The standard InChI is InChI=1S/C24H29N3O4/c1-15-4-8-22(16(2)12-15)30-14-19-6-9-23(31-19)24(29)26-18-5-7-21-20(13-18)25-17(3)27(21)10-11-28/h4,6,8-9,12,18,28H,5,7,10-11,13-14H2,1-3H3,(H,26,29)/t18-/m0/s1. The molecule has 0 spiro atoms. The van der Waals surface area contributed by atoms with Crippen molar-refractivity contribution in [1.82, 2.24) is 14.9 Å². The van der Waals surface area contributed by atoms with Crippen molar-refractivity contribution in [1.29, 1.82) is 0 Å². The summed E-state index contributed by atoms with van der Waals surface area (Å²) in [5.74, 6) is 2.38. The number of nitrogens with zero attached hydrogens (tertiary/aromatic N) is 2. The van der Waals surface area contributed by atoms with E-state index in [9.17, 15) is 9.90 Å². The van der Waals surface area contributed by atoms with Crippen LogP contribution in [0.4, 0.5) is 0 Å². The highest BCUT2D eigenvalue weighted by Crippen LogP contribution is 2.23. The second-order valence-electron chi connectivity index (χ2n) is 8.16. The molecule has 0 unspecified atom stereocenters. The van der Waals surface area contributed by atoms with Gasteiger partial charge >= 0.3 is 0 Å². The zero-order chi connectivity index (χ0) is 22.0. The van der Waals surface area contributed by atoms with E-state index < -0.39 is 0 Å². The van der Waals surface area contributed by atoms with Crippen LogP contribution < -0.4 is 10.1 Å². The summed E-state index contributed by atoms with van der Waals surface area (Å²) in [6.45, 7) is 6.93. The molecule has 0 saturated carbocycles. The number of imidazole rings is 1. The van der Waals surface area contributed by atoms with Crippen molar-refractivity contribution in [3.63, 3.8) is 0 Å². The van der Waals surface area contributed by atoms with Crippen LogP contribution in [0.5, 0.6) is 5.75 Å². The molecule has 1 aliphatic rings. The Labute approximate surface area is 182 Å². The summed E-state index contributed by atoms with van der Waals surface area (Å²) in [4.78, 5) is 17.3. The highest BCUT2D eigenvalue weighted by atomic mass is 16.5. The molecule has 0 radical (unpaired) electrons. The van der Waals surface area contributed by atoms with Crippen LogP contribution in [0.25, 0.3) is 0 Å². The number of hydrogen-bond acceptors (Lipinski definition) is 5. The van der Waals surface area contributed by atoms with Crippen molar-refractivity contribution >= 4 is 5.91 Å². The van der Waals surface area contributed by atoms with Crippen LogP contribution in [0, 0.1) is 20.8 Å². The van der Waals surface area contributed by atoms with Crippen LogP contribution in [-0.2, 0) is 26.0 Å². The minimum absolute atomic E-state index is 0.0110. The van der Waals surface area contributed by atoms with E-state index in [1.54, 1.807) is 12.1 Å². The van der Waals surface area contributed by atoms with Gasteiger partial charge in [0.05, 0.1) is 12.3 Å². The van der Waals surface area contributed by atoms with E-state index in [-0.39, 0.29) is 30.9 Å². The predicted octanol–water partition coefficient (Wildman–Crippen LogP) is 3.26. The smallest absolute Gasteiger partial charge is 0.287 e. The van der Waals surface area contributed by atoms with Crippen LogP contribution in [0.15, 0.2) is 34.7 Å². The molecule has 0 aliphatic heterocycles. The number of carbonyl (C=O) groups excluding carboxylic acids is 1. The first-order valence-corrected chi connectivity index (χ1v) is 10.7. The summed E-state index contributed by atoms with van der Waals surface area (Å²) in [5, 5.41) is 12.3. The molecule has 7 nitrogen and oxygen atoms in total. The van der Waals surface area contributed by atoms with Gasteiger partial charge in [0.2, 0.25) is 0 Å². The van der Waals surface area contributed by atoms with Crippen molar-refractivity contribution in [2.75, 3.05) is 6.61 Å². The molecule has 164 valence electrons. The topological polar surface area (TPSA) is 89.5 Å². The van der Waals surface area contributed by atoms with Gasteiger partial charge in [-0.2, -0.15) is 0 Å². The summed E-state index contributed by atoms with van der Waals surface area (Å²) in [5.41, 5.74) is 4.43. The number of ether oxygens (including phenoxy) is 1. The van der Waals surface area contributed by atoms with Crippen LogP contribution in [0.1, 0.15) is 51.1 Å². The molecule has 7 heteroatoms. The number of hydrogen-bond donors (Lipinski definition) is 2. The summed E-state index contributed by atoms with van der Waals surface area (Å²) < 4.78 is 13.6. The molecule has 0 bridgehead atoms. The van der Waals surface area contributed by atoms with Crippen molar-refractivity contribution in [3.05, 3.63) is 70.2 Å². The van der Waals surface area contributed by atoms with Crippen LogP contribution >= 0.6 is 0 Å². The lowest BCUT2D eigenvalue weighted by Gasteiger charge is -2.23. The van der Waals surface area contributed by atoms with Crippen molar-refractivity contribution in [2.24, 2.45) is 0 Å². The first-order chi connectivity index (χ1) is 14.9. The van der Waals surface area contributed by atoms with Crippen molar-refractivity contribution < 1.29 is 19.1 Å². The average Bonchev–Trinajstić information content (AvgIpc) is 3.32. The number of aromatic nitrogens is 2. The Morgan fingerprint density at radius 3 is 2.90 bits per heavy atom. The molecule has 2 heterocycles. The number of amides is 1. The van der Waals surface area contributed by atoms with Gasteiger partial charge in [-0.1, -0.05) is 17.7 Å². The Morgan fingerprint density at radius 2 is 2.13 bits per heavy atom. The van der Waals surface area contributed by atoms with E-state index in [0.29, 0.717) is 18.7 Å². The van der Waals surface area contributed by atoms with Crippen LogP contribution in [-0.4, -0.2) is 33.2 Å². The van der Waals surface area contributed by atoms with Gasteiger partial charge in [-0.25, -0.2) is 4.98 Å². The van der Waals surface area contributed by atoms with Gasteiger partial charge in [-0.15, -0.1) is 0 Å². The number of fused-ring (bicyclic) bond motifs is 1. The lowest BCUT2D eigenvalue weighted by molar-refractivity contribution is 0.0901. The molecule has 4 rings (SSSR count). The first kappa shape index (κ1) is 21.2. The Balaban J connectivity index is 1.34. The number of benzene rings is 1. The van der Waals surface area contributed by atoms with E-state index in [1.165, 1.54) is 11.3 Å². The lowest BCUT2D eigenvalue weighted by Crippen LogP contribution is -2.39. The van der Waals surface area contributed by atoms with Gasteiger partial charge in [-0.3, -0.25) is 4.79 Å². The van der Waals surface area contributed by atoms with Crippen molar-refractivity contribution in [3.8, 4) is 5.75 Å². The highest BCUT2D eigenvalue weighted by Gasteiger charge is 2.26. The number of aryl methyl sites for hydroxylation is 3. The maximum Gasteiger partial charge on any atom is 0.287 e. The molecule has 3 aromatic rings. The molecular formula is C24H29N3O4. The van der Waals surface area contributed by atoms with E-state index in [0.717, 1.165) is 35.7 Å². The number of furan rings is 1. The SMILES string of the molecule is Cc1ccc(OCc2ccc(C(=O)N[C@H]3CCc4c(nc(C)n4CCO)C3)o2)c(C)c1.